The molecule has 1 atom stereocenters. The van der Waals surface area contributed by atoms with Crippen LogP contribution in [0.25, 0.3) is 0 Å². The molecule has 0 aliphatic rings. The van der Waals surface area contributed by atoms with E-state index in [1.54, 1.807) is 0 Å². The molecule has 1 aromatic carbocycles. The summed E-state index contributed by atoms with van der Waals surface area (Å²) in [6.45, 7) is 1.97. The molecule has 2 aromatic rings. The van der Waals surface area contributed by atoms with Crippen LogP contribution in [0.2, 0.25) is 0 Å². The first-order valence-corrected chi connectivity index (χ1v) is 6.62. The third-order valence-electron chi connectivity index (χ3n) is 2.92. The van der Waals surface area contributed by atoms with E-state index < -0.39 is 0 Å². The Balaban J connectivity index is 2.20. The molecule has 3 N–H and O–H groups in total. The molecule has 0 saturated carbocycles. The number of hydrogen-bond acceptors (Lipinski definition) is 3. The quantitative estimate of drug-likeness (QED) is 0.674. The van der Waals surface area contributed by atoms with Crippen molar-refractivity contribution >= 4 is 15.9 Å². The molecular weight excluding hydrogens is 290 g/mol. The van der Waals surface area contributed by atoms with Crippen LogP contribution in [0, 0.1) is 6.92 Å². The highest BCUT2D eigenvalue weighted by Crippen LogP contribution is 2.23. The van der Waals surface area contributed by atoms with Gasteiger partial charge < -0.3 is 0 Å². The third kappa shape index (κ3) is 3.16. The van der Waals surface area contributed by atoms with Crippen LogP contribution in [0.4, 0.5) is 0 Å². The molecule has 0 fully saturated rings. The lowest BCUT2D eigenvalue weighted by atomic mass is 10.0. The largest absolute Gasteiger partial charge is 0.271 e. The SMILES string of the molecule is Cc1ccc(C(Cc2ccccc2Br)NN)cn1. The van der Waals surface area contributed by atoms with Gasteiger partial charge in [0.15, 0.2) is 0 Å². The Hall–Kier alpha value is -1.23. The lowest BCUT2D eigenvalue weighted by Gasteiger charge is -2.17. The van der Waals surface area contributed by atoms with Gasteiger partial charge in [0.25, 0.3) is 0 Å². The fraction of sp³-hybridized carbons (Fsp3) is 0.214. The van der Waals surface area contributed by atoms with Gasteiger partial charge >= 0.3 is 0 Å². The van der Waals surface area contributed by atoms with Crippen molar-refractivity contribution in [3.05, 3.63) is 63.9 Å². The molecule has 18 heavy (non-hydrogen) atoms. The Labute approximate surface area is 116 Å². The number of nitrogens with one attached hydrogen (secondary N) is 1. The average Bonchev–Trinajstić information content (AvgIpc) is 2.39. The van der Waals surface area contributed by atoms with Gasteiger partial charge in [-0.3, -0.25) is 16.3 Å². The van der Waals surface area contributed by atoms with Crippen LogP contribution in [0.1, 0.15) is 22.9 Å². The Morgan fingerprint density at radius 2 is 2.06 bits per heavy atom. The highest BCUT2D eigenvalue weighted by Gasteiger charge is 2.12. The van der Waals surface area contributed by atoms with Crippen molar-refractivity contribution in [1.29, 1.82) is 0 Å². The lowest BCUT2D eigenvalue weighted by Crippen LogP contribution is -2.29. The van der Waals surface area contributed by atoms with Gasteiger partial charge in [0.05, 0.1) is 6.04 Å². The Bertz CT molecular complexity index is 511. The van der Waals surface area contributed by atoms with Crippen molar-refractivity contribution in [2.45, 2.75) is 19.4 Å². The minimum atomic E-state index is 0.0665. The highest BCUT2D eigenvalue weighted by atomic mass is 79.9. The van der Waals surface area contributed by atoms with Gasteiger partial charge in [-0.25, -0.2) is 0 Å². The number of pyridine rings is 1. The molecule has 0 bridgehead atoms. The summed E-state index contributed by atoms with van der Waals surface area (Å²) in [7, 11) is 0. The van der Waals surface area contributed by atoms with E-state index in [2.05, 4.69) is 38.5 Å². The summed E-state index contributed by atoms with van der Waals surface area (Å²) in [5.74, 6) is 5.65. The zero-order valence-electron chi connectivity index (χ0n) is 10.2. The summed E-state index contributed by atoms with van der Waals surface area (Å²) in [4.78, 5) is 4.30. The molecule has 1 unspecified atom stereocenters. The molecule has 0 spiro atoms. The van der Waals surface area contributed by atoms with E-state index in [9.17, 15) is 0 Å². The molecule has 1 heterocycles. The number of aromatic nitrogens is 1. The van der Waals surface area contributed by atoms with Crippen molar-refractivity contribution in [2.75, 3.05) is 0 Å². The number of benzene rings is 1. The van der Waals surface area contributed by atoms with Crippen LogP contribution < -0.4 is 11.3 Å². The number of halogens is 1. The minimum absolute atomic E-state index is 0.0665. The molecule has 0 radical (unpaired) electrons. The third-order valence-corrected chi connectivity index (χ3v) is 3.69. The van der Waals surface area contributed by atoms with Crippen LogP contribution in [0.15, 0.2) is 47.1 Å². The van der Waals surface area contributed by atoms with Crippen LogP contribution in [0.3, 0.4) is 0 Å². The molecule has 0 aliphatic heterocycles. The van der Waals surface area contributed by atoms with Gasteiger partial charge in [-0.2, -0.15) is 0 Å². The number of hydrazine groups is 1. The number of aryl methyl sites for hydroxylation is 1. The second kappa shape index (κ2) is 6.09. The highest BCUT2D eigenvalue weighted by molar-refractivity contribution is 9.10. The molecule has 2 rings (SSSR count). The molecule has 3 nitrogen and oxygen atoms in total. The Morgan fingerprint density at radius 1 is 1.28 bits per heavy atom. The summed E-state index contributed by atoms with van der Waals surface area (Å²) in [6.07, 6.45) is 2.69. The van der Waals surface area contributed by atoms with Crippen molar-refractivity contribution < 1.29 is 0 Å². The summed E-state index contributed by atoms with van der Waals surface area (Å²) < 4.78 is 1.10. The molecule has 4 heteroatoms. The van der Waals surface area contributed by atoms with Crippen molar-refractivity contribution in [2.24, 2.45) is 5.84 Å². The normalized spacial score (nSPS) is 12.4. The zero-order chi connectivity index (χ0) is 13.0. The topological polar surface area (TPSA) is 50.9 Å². The summed E-state index contributed by atoms with van der Waals surface area (Å²) >= 11 is 3.55. The maximum atomic E-state index is 5.65. The first-order chi connectivity index (χ1) is 8.70. The van der Waals surface area contributed by atoms with Crippen molar-refractivity contribution in [1.82, 2.24) is 10.4 Å². The zero-order valence-corrected chi connectivity index (χ0v) is 11.8. The van der Waals surface area contributed by atoms with Gasteiger partial charge in [0, 0.05) is 16.4 Å². The van der Waals surface area contributed by atoms with Crippen molar-refractivity contribution in [3.63, 3.8) is 0 Å². The summed E-state index contributed by atoms with van der Waals surface area (Å²) in [5, 5.41) is 0. The predicted molar refractivity (Wildman–Crippen MR) is 76.9 cm³/mol. The van der Waals surface area contributed by atoms with Crippen LogP contribution in [0.5, 0.6) is 0 Å². The number of nitrogens with two attached hydrogens (primary N) is 1. The van der Waals surface area contributed by atoms with E-state index in [-0.39, 0.29) is 6.04 Å². The first-order valence-electron chi connectivity index (χ1n) is 5.83. The monoisotopic (exact) mass is 305 g/mol. The molecule has 0 aliphatic carbocycles. The fourth-order valence-corrected chi connectivity index (χ4v) is 2.29. The van der Waals surface area contributed by atoms with Gasteiger partial charge in [-0.1, -0.05) is 40.2 Å². The second-order valence-corrected chi connectivity index (χ2v) is 5.10. The van der Waals surface area contributed by atoms with Crippen LogP contribution >= 0.6 is 15.9 Å². The van der Waals surface area contributed by atoms with Gasteiger partial charge in [0.1, 0.15) is 0 Å². The van der Waals surface area contributed by atoms with Gasteiger partial charge in [0.2, 0.25) is 0 Å². The Morgan fingerprint density at radius 3 is 2.67 bits per heavy atom. The predicted octanol–water partition coefficient (Wildman–Crippen LogP) is 2.90. The fourth-order valence-electron chi connectivity index (χ4n) is 1.84. The molecular formula is C14H16BrN3. The average molecular weight is 306 g/mol. The smallest absolute Gasteiger partial charge is 0.0515 e. The van der Waals surface area contributed by atoms with E-state index in [1.807, 2.05) is 37.4 Å². The van der Waals surface area contributed by atoms with E-state index in [4.69, 9.17) is 5.84 Å². The van der Waals surface area contributed by atoms with E-state index in [0.717, 1.165) is 22.2 Å². The standard InChI is InChI=1S/C14H16BrN3/c1-10-6-7-12(9-17-10)14(18-16)8-11-4-2-3-5-13(11)15/h2-7,9,14,18H,8,16H2,1H3. The molecule has 0 saturated heterocycles. The number of rotatable bonds is 4. The van der Waals surface area contributed by atoms with E-state index >= 15 is 0 Å². The van der Waals surface area contributed by atoms with E-state index in [1.165, 1.54) is 5.56 Å². The van der Waals surface area contributed by atoms with Crippen molar-refractivity contribution in [3.8, 4) is 0 Å². The molecule has 94 valence electrons. The molecule has 0 amide bonds. The van der Waals surface area contributed by atoms with E-state index in [0.29, 0.717) is 0 Å². The minimum Gasteiger partial charge on any atom is -0.271 e. The first kappa shape index (κ1) is 13.2. The second-order valence-electron chi connectivity index (χ2n) is 4.25. The maximum absolute atomic E-state index is 5.65. The maximum Gasteiger partial charge on any atom is 0.0515 e. The lowest BCUT2D eigenvalue weighted by molar-refractivity contribution is 0.549. The number of nitrogens with zero attached hydrogens (tertiary/aromatic N) is 1. The Kier molecular flexibility index (Phi) is 4.47. The summed E-state index contributed by atoms with van der Waals surface area (Å²) in [5.41, 5.74) is 6.18. The van der Waals surface area contributed by atoms with Crippen LogP contribution in [-0.2, 0) is 6.42 Å². The van der Waals surface area contributed by atoms with Crippen LogP contribution in [-0.4, -0.2) is 4.98 Å². The number of hydrogen-bond donors (Lipinski definition) is 2. The van der Waals surface area contributed by atoms with Gasteiger partial charge in [-0.05, 0) is 36.6 Å². The van der Waals surface area contributed by atoms with Gasteiger partial charge in [-0.15, -0.1) is 0 Å². The summed E-state index contributed by atoms with van der Waals surface area (Å²) in [6, 6.07) is 12.3. The molecule has 1 aromatic heterocycles.